The minimum atomic E-state index is 0.449. The van der Waals surface area contributed by atoms with Gasteiger partial charge in [0.15, 0.2) is 5.82 Å². The molecule has 18 heavy (non-hydrogen) atoms. The zero-order chi connectivity index (χ0) is 13.0. The standard InChI is InChI=1S/C13H19N5/c1-2-18-6-4-10(9-18)8-17-13-12(15)11(7-14)3-5-16-13/h3,5,10H,2,4,6,8-9,15H2,1H3,(H,16,17). The number of anilines is 2. The van der Waals surface area contributed by atoms with Gasteiger partial charge in [-0.2, -0.15) is 5.26 Å². The Morgan fingerprint density at radius 3 is 3.17 bits per heavy atom. The summed E-state index contributed by atoms with van der Waals surface area (Å²) >= 11 is 0. The highest BCUT2D eigenvalue weighted by Crippen LogP contribution is 2.21. The largest absolute Gasteiger partial charge is 0.395 e. The molecule has 1 aromatic rings. The van der Waals surface area contributed by atoms with Crippen molar-refractivity contribution in [2.75, 3.05) is 37.2 Å². The summed E-state index contributed by atoms with van der Waals surface area (Å²) in [6, 6.07) is 3.70. The summed E-state index contributed by atoms with van der Waals surface area (Å²) in [4.78, 5) is 6.63. The third-order valence-electron chi connectivity index (χ3n) is 3.49. The average Bonchev–Trinajstić information content (AvgIpc) is 2.85. The number of hydrogen-bond acceptors (Lipinski definition) is 5. The molecule has 0 spiro atoms. The number of likely N-dealkylation sites (tertiary alicyclic amines) is 1. The Morgan fingerprint density at radius 1 is 1.67 bits per heavy atom. The molecule has 1 aromatic heterocycles. The number of rotatable bonds is 4. The summed E-state index contributed by atoms with van der Waals surface area (Å²) < 4.78 is 0. The first-order chi connectivity index (χ1) is 8.74. The Morgan fingerprint density at radius 2 is 2.50 bits per heavy atom. The molecule has 1 aliphatic heterocycles. The zero-order valence-electron chi connectivity index (χ0n) is 10.7. The van der Waals surface area contributed by atoms with Crippen LogP contribution < -0.4 is 11.1 Å². The summed E-state index contributed by atoms with van der Waals surface area (Å²) in [6.45, 7) is 6.46. The molecule has 0 aromatic carbocycles. The van der Waals surface area contributed by atoms with Gasteiger partial charge in [0.05, 0.1) is 11.3 Å². The maximum absolute atomic E-state index is 8.90. The molecule has 0 bridgehead atoms. The van der Waals surface area contributed by atoms with Crippen LogP contribution in [-0.2, 0) is 0 Å². The lowest BCUT2D eigenvalue weighted by atomic mass is 10.1. The van der Waals surface area contributed by atoms with Crippen LogP contribution in [0.2, 0.25) is 0 Å². The van der Waals surface area contributed by atoms with E-state index < -0.39 is 0 Å². The maximum Gasteiger partial charge on any atom is 0.150 e. The van der Waals surface area contributed by atoms with Crippen LogP contribution >= 0.6 is 0 Å². The van der Waals surface area contributed by atoms with E-state index in [0.717, 1.165) is 19.6 Å². The van der Waals surface area contributed by atoms with Gasteiger partial charge in [0.2, 0.25) is 0 Å². The number of nitrogens with one attached hydrogen (secondary N) is 1. The number of nitrogen functional groups attached to an aromatic ring is 1. The smallest absolute Gasteiger partial charge is 0.150 e. The molecular formula is C13H19N5. The van der Waals surface area contributed by atoms with E-state index in [-0.39, 0.29) is 0 Å². The molecule has 0 radical (unpaired) electrons. The third kappa shape index (κ3) is 2.71. The van der Waals surface area contributed by atoms with E-state index in [1.165, 1.54) is 13.0 Å². The van der Waals surface area contributed by atoms with Crippen molar-refractivity contribution < 1.29 is 0 Å². The van der Waals surface area contributed by atoms with Crippen molar-refractivity contribution in [2.45, 2.75) is 13.3 Å². The van der Waals surface area contributed by atoms with Crippen LogP contribution in [-0.4, -0.2) is 36.1 Å². The first-order valence-electron chi connectivity index (χ1n) is 6.35. The van der Waals surface area contributed by atoms with Gasteiger partial charge in [0, 0.05) is 19.3 Å². The molecule has 3 N–H and O–H groups in total. The molecule has 1 atom stereocenters. The van der Waals surface area contributed by atoms with Crippen LogP contribution in [0.4, 0.5) is 11.5 Å². The van der Waals surface area contributed by atoms with E-state index in [2.05, 4.69) is 28.2 Å². The molecule has 0 saturated carbocycles. The molecule has 5 heteroatoms. The Bertz CT molecular complexity index is 451. The number of hydrogen-bond donors (Lipinski definition) is 2. The topological polar surface area (TPSA) is 78.0 Å². The summed E-state index contributed by atoms with van der Waals surface area (Å²) in [5.41, 5.74) is 6.80. The zero-order valence-corrected chi connectivity index (χ0v) is 10.7. The fourth-order valence-electron chi connectivity index (χ4n) is 2.32. The molecule has 1 unspecified atom stereocenters. The highest BCUT2D eigenvalue weighted by molar-refractivity contribution is 5.68. The van der Waals surface area contributed by atoms with Crippen molar-refractivity contribution in [3.8, 4) is 6.07 Å². The van der Waals surface area contributed by atoms with Gasteiger partial charge in [0.1, 0.15) is 6.07 Å². The fraction of sp³-hybridized carbons (Fsp3) is 0.538. The lowest BCUT2D eigenvalue weighted by Crippen LogP contribution is -2.23. The van der Waals surface area contributed by atoms with Crippen molar-refractivity contribution in [1.82, 2.24) is 9.88 Å². The van der Waals surface area contributed by atoms with Gasteiger partial charge in [-0.15, -0.1) is 0 Å². The monoisotopic (exact) mass is 245 g/mol. The molecule has 1 saturated heterocycles. The number of aromatic nitrogens is 1. The normalized spacial score (nSPS) is 19.7. The Labute approximate surface area is 108 Å². The molecular weight excluding hydrogens is 226 g/mol. The van der Waals surface area contributed by atoms with E-state index >= 15 is 0 Å². The fourth-order valence-corrected chi connectivity index (χ4v) is 2.32. The minimum absolute atomic E-state index is 0.449. The van der Waals surface area contributed by atoms with Crippen molar-refractivity contribution in [1.29, 1.82) is 5.26 Å². The minimum Gasteiger partial charge on any atom is -0.395 e. The first-order valence-corrected chi connectivity index (χ1v) is 6.35. The first kappa shape index (κ1) is 12.7. The molecule has 1 fully saturated rings. The molecule has 2 rings (SSSR count). The van der Waals surface area contributed by atoms with Gasteiger partial charge >= 0.3 is 0 Å². The van der Waals surface area contributed by atoms with Crippen LogP contribution in [0.1, 0.15) is 18.9 Å². The van der Waals surface area contributed by atoms with E-state index in [9.17, 15) is 0 Å². The highest BCUT2D eigenvalue weighted by atomic mass is 15.1. The number of nitrogens with two attached hydrogens (primary N) is 1. The second kappa shape index (κ2) is 5.69. The van der Waals surface area contributed by atoms with E-state index in [4.69, 9.17) is 11.0 Å². The molecule has 1 aliphatic rings. The van der Waals surface area contributed by atoms with Gasteiger partial charge in [0.25, 0.3) is 0 Å². The van der Waals surface area contributed by atoms with E-state index in [0.29, 0.717) is 23.0 Å². The van der Waals surface area contributed by atoms with Crippen molar-refractivity contribution in [3.63, 3.8) is 0 Å². The number of pyridine rings is 1. The summed E-state index contributed by atoms with van der Waals surface area (Å²) in [7, 11) is 0. The van der Waals surface area contributed by atoms with Gasteiger partial charge in [-0.3, -0.25) is 0 Å². The Hall–Kier alpha value is -1.80. The highest BCUT2D eigenvalue weighted by Gasteiger charge is 2.21. The van der Waals surface area contributed by atoms with Crippen LogP contribution in [0.3, 0.4) is 0 Å². The predicted octanol–water partition coefficient (Wildman–Crippen LogP) is 1.29. The third-order valence-corrected chi connectivity index (χ3v) is 3.49. The Balaban J connectivity index is 1.93. The Kier molecular flexibility index (Phi) is 4.00. The van der Waals surface area contributed by atoms with Gasteiger partial charge in [-0.05, 0) is 31.5 Å². The summed E-state index contributed by atoms with van der Waals surface area (Å²) in [5.74, 6) is 1.26. The SMILES string of the molecule is CCN1CCC(CNc2nccc(C#N)c2N)C1. The van der Waals surface area contributed by atoms with Crippen molar-refractivity contribution >= 4 is 11.5 Å². The molecule has 5 nitrogen and oxygen atoms in total. The average molecular weight is 245 g/mol. The van der Waals surface area contributed by atoms with E-state index in [1.807, 2.05) is 0 Å². The van der Waals surface area contributed by atoms with Gasteiger partial charge < -0.3 is 16.0 Å². The number of nitrogens with zero attached hydrogens (tertiary/aromatic N) is 3. The maximum atomic E-state index is 8.90. The van der Waals surface area contributed by atoms with Crippen molar-refractivity contribution in [3.05, 3.63) is 17.8 Å². The summed E-state index contributed by atoms with van der Waals surface area (Å²) in [5, 5.41) is 12.2. The van der Waals surface area contributed by atoms with Gasteiger partial charge in [-0.25, -0.2) is 4.98 Å². The second-order valence-corrected chi connectivity index (χ2v) is 4.66. The summed E-state index contributed by atoms with van der Waals surface area (Å²) in [6.07, 6.45) is 2.82. The number of nitriles is 1. The molecule has 96 valence electrons. The van der Waals surface area contributed by atoms with Crippen molar-refractivity contribution in [2.24, 2.45) is 5.92 Å². The quantitative estimate of drug-likeness (QED) is 0.835. The predicted molar refractivity (Wildman–Crippen MR) is 72.1 cm³/mol. The van der Waals surface area contributed by atoms with E-state index in [1.54, 1.807) is 12.3 Å². The molecule has 0 aliphatic carbocycles. The lowest BCUT2D eigenvalue weighted by molar-refractivity contribution is 0.345. The molecule has 0 amide bonds. The molecule has 2 heterocycles. The van der Waals surface area contributed by atoms with Crippen LogP contribution in [0.15, 0.2) is 12.3 Å². The van der Waals surface area contributed by atoms with Gasteiger partial charge in [-0.1, -0.05) is 6.92 Å². The lowest BCUT2D eigenvalue weighted by Gasteiger charge is -2.15. The second-order valence-electron chi connectivity index (χ2n) is 4.66. The van der Waals surface area contributed by atoms with Crippen LogP contribution in [0, 0.1) is 17.2 Å². The van der Waals surface area contributed by atoms with Crippen LogP contribution in [0.5, 0.6) is 0 Å². The van der Waals surface area contributed by atoms with Crippen LogP contribution in [0.25, 0.3) is 0 Å².